The van der Waals surface area contributed by atoms with Gasteiger partial charge in [0, 0.05) is 25.5 Å². The Balaban J connectivity index is 2.24. The number of rotatable bonds is 6. The standard InChI is InChI=1S/C12H22N2/c1-4-11(3)8-13-9-12-6-7-14(5-2)10-12/h6-7,10-11,13H,4-5,8-9H2,1-3H3. The molecule has 0 aliphatic carbocycles. The van der Waals surface area contributed by atoms with E-state index in [-0.39, 0.29) is 0 Å². The highest BCUT2D eigenvalue weighted by molar-refractivity contribution is 5.09. The number of aromatic nitrogens is 1. The SMILES string of the molecule is CCC(C)CNCc1ccn(CC)c1. The molecule has 1 aromatic rings. The Morgan fingerprint density at radius 2 is 2.21 bits per heavy atom. The maximum atomic E-state index is 3.48. The normalized spacial score (nSPS) is 13.1. The van der Waals surface area contributed by atoms with E-state index in [9.17, 15) is 0 Å². The van der Waals surface area contributed by atoms with Gasteiger partial charge in [0.15, 0.2) is 0 Å². The van der Waals surface area contributed by atoms with Gasteiger partial charge in [-0.05, 0) is 31.0 Å². The van der Waals surface area contributed by atoms with E-state index < -0.39 is 0 Å². The van der Waals surface area contributed by atoms with E-state index in [0.29, 0.717) is 0 Å². The van der Waals surface area contributed by atoms with Crippen LogP contribution >= 0.6 is 0 Å². The maximum absolute atomic E-state index is 3.48. The Morgan fingerprint density at radius 1 is 1.43 bits per heavy atom. The summed E-state index contributed by atoms with van der Waals surface area (Å²) in [5.41, 5.74) is 1.38. The van der Waals surface area contributed by atoms with Crippen molar-refractivity contribution in [2.75, 3.05) is 6.54 Å². The fourth-order valence-corrected chi connectivity index (χ4v) is 1.40. The van der Waals surface area contributed by atoms with E-state index in [4.69, 9.17) is 0 Å². The molecule has 1 heterocycles. The first kappa shape index (κ1) is 11.3. The minimum atomic E-state index is 0.781. The molecule has 1 rings (SSSR count). The average Bonchev–Trinajstić information content (AvgIpc) is 2.65. The van der Waals surface area contributed by atoms with E-state index in [1.54, 1.807) is 0 Å². The molecule has 2 nitrogen and oxygen atoms in total. The molecule has 0 saturated heterocycles. The zero-order valence-corrected chi connectivity index (χ0v) is 9.59. The molecular formula is C12H22N2. The molecule has 1 aromatic heterocycles. The summed E-state index contributed by atoms with van der Waals surface area (Å²) in [6.45, 7) is 9.86. The number of hydrogen-bond donors (Lipinski definition) is 1. The highest BCUT2D eigenvalue weighted by atomic mass is 14.9. The average molecular weight is 194 g/mol. The summed E-state index contributed by atoms with van der Waals surface area (Å²) in [6, 6.07) is 2.19. The van der Waals surface area contributed by atoms with Crippen LogP contribution in [-0.2, 0) is 13.1 Å². The Labute approximate surface area is 87.3 Å². The van der Waals surface area contributed by atoms with E-state index in [2.05, 4.69) is 49.1 Å². The molecule has 0 spiro atoms. The molecule has 1 N–H and O–H groups in total. The van der Waals surface area contributed by atoms with Gasteiger partial charge in [0.1, 0.15) is 0 Å². The molecule has 0 aliphatic rings. The Morgan fingerprint density at radius 3 is 2.79 bits per heavy atom. The molecule has 0 bridgehead atoms. The third-order valence-electron chi connectivity index (χ3n) is 2.70. The lowest BCUT2D eigenvalue weighted by molar-refractivity contribution is 0.500. The topological polar surface area (TPSA) is 17.0 Å². The predicted molar refractivity (Wildman–Crippen MR) is 61.3 cm³/mol. The van der Waals surface area contributed by atoms with Gasteiger partial charge in [0.2, 0.25) is 0 Å². The zero-order chi connectivity index (χ0) is 10.4. The molecule has 0 amide bonds. The van der Waals surface area contributed by atoms with E-state index >= 15 is 0 Å². The van der Waals surface area contributed by atoms with Crippen LogP contribution in [0.4, 0.5) is 0 Å². The van der Waals surface area contributed by atoms with Crippen LogP contribution in [0.25, 0.3) is 0 Å². The first-order valence-corrected chi connectivity index (χ1v) is 5.61. The van der Waals surface area contributed by atoms with Gasteiger partial charge in [-0.1, -0.05) is 20.3 Å². The predicted octanol–water partition coefficient (Wildman–Crippen LogP) is 2.64. The van der Waals surface area contributed by atoms with Crippen LogP contribution in [0.3, 0.4) is 0 Å². The van der Waals surface area contributed by atoms with Crippen molar-refractivity contribution in [3.05, 3.63) is 24.0 Å². The molecule has 2 heteroatoms. The van der Waals surface area contributed by atoms with Crippen LogP contribution in [-0.4, -0.2) is 11.1 Å². The number of hydrogen-bond acceptors (Lipinski definition) is 1. The van der Waals surface area contributed by atoms with Gasteiger partial charge >= 0.3 is 0 Å². The van der Waals surface area contributed by atoms with Crippen LogP contribution in [0.1, 0.15) is 32.8 Å². The minimum absolute atomic E-state index is 0.781. The van der Waals surface area contributed by atoms with Gasteiger partial charge in [-0.25, -0.2) is 0 Å². The zero-order valence-electron chi connectivity index (χ0n) is 9.59. The first-order valence-electron chi connectivity index (χ1n) is 5.61. The van der Waals surface area contributed by atoms with Crippen molar-refractivity contribution in [2.24, 2.45) is 5.92 Å². The van der Waals surface area contributed by atoms with Crippen LogP contribution in [0.5, 0.6) is 0 Å². The number of aryl methyl sites for hydroxylation is 1. The minimum Gasteiger partial charge on any atom is -0.354 e. The Bertz CT molecular complexity index is 253. The summed E-state index contributed by atoms with van der Waals surface area (Å²) in [7, 11) is 0. The summed E-state index contributed by atoms with van der Waals surface area (Å²) >= 11 is 0. The molecule has 80 valence electrons. The van der Waals surface area contributed by atoms with Gasteiger partial charge < -0.3 is 9.88 Å². The second-order valence-corrected chi connectivity index (χ2v) is 3.99. The van der Waals surface area contributed by atoms with Gasteiger partial charge in [-0.3, -0.25) is 0 Å². The highest BCUT2D eigenvalue weighted by Crippen LogP contribution is 2.02. The monoisotopic (exact) mass is 194 g/mol. The second kappa shape index (κ2) is 5.86. The second-order valence-electron chi connectivity index (χ2n) is 3.99. The molecule has 0 saturated carbocycles. The van der Waals surface area contributed by atoms with Crippen molar-refractivity contribution in [3.63, 3.8) is 0 Å². The van der Waals surface area contributed by atoms with Gasteiger partial charge in [0.05, 0.1) is 0 Å². The lowest BCUT2D eigenvalue weighted by Gasteiger charge is -2.08. The third kappa shape index (κ3) is 3.54. The molecule has 1 atom stereocenters. The van der Waals surface area contributed by atoms with Crippen molar-refractivity contribution in [2.45, 2.75) is 40.3 Å². The van der Waals surface area contributed by atoms with E-state index in [0.717, 1.165) is 25.6 Å². The van der Waals surface area contributed by atoms with Crippen LogP contribution in [0.15, 0.2) is 18.5 Å². The summed E-state index contributed by atoms with van der Waals surface area (Å²) in [5.74, 6) is 0.781. The van der Waals surface area contributed by atoms with Crippen molar-refractivity contribution < 1.29 is 0 Å². The van der Waals surface area contributed by atoms with Crippen molar-refractivity contribution >= 4 is 0 Å². The number of nitrogens with one attached hydrogen (secondary N) is 1. The quantitative estimate of drug-likeness (QED) is 0.736. The molecule has 14 heavy (non-hydrogen) atoms. The van der Waals surface area contributed by atoms with E-state index in [1.165, 1.54) is 12.0 Å². The van der Waals surface area contributed by atoms with Crippen molar-refractivity contribution in [3.8, 4) is 0 Å². The fourth-order valence-electron chi connectivity index (χ4n) is 1.40. The summed E-state index contributed by atoms with van der Waals surface area (Å²) in [4.78, 5) is 0. The summed E-state index contributed by atoms with van der Waals surface area (Å²) in [5, 5.41) is 3.48. The lowest BCUT2D eigenvalue weighted by atomic mass is 10.1. The molecule has 1 unspecified atom stereocenters. The lowest BCUT2D eigenvalue weighted by Crippen LogP contribution is -2.19. The number of nitrogens with zero attached hydrogens (tertiary/aromatic N) is 1. The Hall–Kier alpha value is -0.760. The smallest absolute Gasteiger partial charge is 0.0220 e. The molecule has 0 aliphatic heterocycles. The fraction of sp³-hybridized carbons (Fsp3) is 0.667. The van der Waals surface area contributed by atoms with Crippen molar-refractivity contribution in [1.82, 2.24) is 9.88 Å². The molecule has 0 radical (unpaired) electrons. The van der Waals surface area contributed by atoms with Crippen molar-refractivity contribution in [1.29, 1.82) is 0 Å². The highest BCUT2D eigenvalue weighted by Gasteiger charge is 1.98. The van der Waals surface area contributed by atoms with Crippen LogP contribution in [0.2, 0.25) is 0 Å². The summed E-state index contributed by atoms with van der Waals surface area (Å²) in [6.07, 6.45) is 5.60. The Kier molecular flexibility index (Phi) is 4.74. The largest absolute Gasteiger partial charge is 0.354 e. The molecule has 0 aromatic carbocycles. The third-order valence-corrected chi connectivity index (χ3v) is 2.70. The summed E-state index contributed by atoms with van der Waals surface area (Å²) < 4.78 is 2.21. The van der Waals surface area contributed by atoms with E-state index in [1.807, 2.05) is 0 Å². The molecular weight excluding hydrogens is 172 g/mol. The molecule has 0 fully saturated rings. The first-order chi connectivity index (χ1) is 6.76. The van der Waals surface area contributed by atoms with Gasteiger partial charge in [-0.2, -0.15) is 0 Å². The maximum Gasteiger partial charge on any atom is 0.0220 e. The van der Waals surface area contributed by atoms with Crippen LogP contribution < -0.4 is 5.32 Å². The van der Waals surface area contributed by atoms with Gasteiger partial charge in [0.25, 0.3) is 0 Å². The van der Waals surface area contributed by atoms with Crippen LogP contribution in [0, 0.1) is 5.92 Å². The van der Waals surface area contributed by atoms with Gasteiger partial charge in [-0.15, -0.1) is 0 Å².